The fourth-order valence-electron chi connectivity index (χ4n) is 3.95. The van der Waals surface area contributed by atoms with Gasteiger partial charge in [0.1, 0.15) is 33.9 Å². The number of pyridine rings is 1. The molecule has 206 valence electrons. The molecule has 0 bridgehead atoms. The first-order chi connectivity index (χ1) is 19.5. The first-order valence-electron chi connectivity index (χ1n) is 11.8. The lowest BCUT2D eigenvalue weighted by Crippen LogP contribution is -2.21. The van der Waals surface area contributed by atoms with E-state index < -0.39 is 23.4 Å². The number of amides is 1. The quantitative estimate of drug-likeness (QED) is 0.227. The van der Waals surface area contributed by atoms with E-state index in [2.05, 4.69) is 25.6 Å². The summed E-state index contributed by atoms with van der Waals surface area (Å²) in [5, 5.41) is 55.6. The number of benzene rings is 2. The molecule has 5 rings (SSSR count). The van der Waals surface area contributed by atoms with Gasteiger partial charge in [0, 0.05) is 19.7 Å². The van der Waals surface area contributed by atoms with Crippen LogP contribution in [-0.2, 0) is 0 Å². The molecule has 0 unspecified atom stereocenters. The van der Waals surface area contributed by atoms with Crippen molar-refractivity contribution in [3.63, 3.8) is 0 Å². The van der Waals surface area contributed by atoms with Gasteiger partial charge in [0.2, 0.25) is 0 Å². The van der Waals surface area contributed by atoms with E-state index in [0.717, 1.165) is 0 Å². The Kier molecular flexibility index (Phi) is 6.60. The summed E-state index contributed by atoms with van der Waals surface area (Å²) in [7, 11) is 3.15. The average molecular weight is 556 g/mol. The lowest BCUT2D eigenvalue weighted by atomic mass is 10.1. The minimum absolute atomic E-state index is 0.0655. The lowest BCUT2D eigenvalue weighted by Gasteiger charge is -2.11. The molecule has 4 N–H and O–H groups in total. The number of carboxylic acids is 2. The van der Waals surface area contributed by atoms with Crippen LogP contribution < -0.4 is 0 Å². The molecule has 0 saturated carbocycles. The van der Waals surface area contributed by atoms with Crippen LogP contribution >= 0.6 is 0 Å². The first-order valence-corrected chi connectivity index (χ1v) is 11.8. The summed E-state index contributed by atoms with van der Waals surface area (Å²) in [5.74, 6) is -4.00. The van der Waals surface area contributed by atoms with E-state index >= 15 is 0 Å². The predicted octanol–water partition coefficient (Wildman–Crippen LogP) is 2.09. The minimum atomic E-state index is -1.32. The zero-order valence-corrected chi connectivity index (χ0v) is 21.4. The zero-order chi connectivity index (χ0) is 29.4. The number of rotatable bonds is 7. The van der Waals surface area contributed by atoms with Crippen molar-refractivity contribution in [1.29, 1.82) is 0 Å². The van der Waals surface area contributed by atoms with Crippen LogP contribution in [-0.4, -0.2) is 92.2 Å². The molecule has 41 heavy (non-hydrogen) atoms. The van der Waals surface area contributed by atoms with Crippen LogP contribution in [0.2, 0.25) is 0 Å². The highest BCUT2D eigenvalue weighted by Crippen LogP contribution is 2.30. The fourth-order valence-corrected chi connectivity index (χ4v) is 3.95. The van der Waals surface area contributed by atoms with Crippen molar-refractivity contribution in [3.05, 3.63) is 77.6 Å². The van der Waals surface area contributed by atoms with Crippen LogP contribution in [0, 0.1) is 0 Å². The van der Waals surface area contributed by atoms with E-state index in [1.165, 1.54) is 75.2 Å². The number of carbonyl (C=O) groups is 3. The van der Waals surface area contributed by atoms with E-state index in [0.29, 0.717) is 0 Å². The molecule has 2 aromatic carbocycles. The predicted molar refractivity (Wildman–Crippen MR) is 140 cm³/mol. The Labute approximate surface area is 230 Å². The molecule has 0 saturated heterocycles. The minimum Gasteiger partial charge on any atom is -0.505 e. The molecule has 0 fully saturated rings. The second-order valence-electron chi connectivity index (χ2n) is 8.88. The number of carbonyl (C=O) groups excluding carboxylic acids is 1. The summed E-state index contributed by atoms with van der Waals surface area (Å²) in [6.07, 6.45) is 2.81. The average Bonchev–Trinajstić information content (AvgIpc) is 3.63. The number of aromatic nitrogens is 7. The topological polar surface area (TPSA) is 210 Å². The van der Waals surface area contributed by atoms with Crippen LogP contribution in [0.3, 0.4) is 0 Å². The first kappa shape index (κ1) is 26.5. The maximum Gasteiger partial charge on any atom is 0.339 e. The van der Waals surface area contributed by atoms with E-state index in [1.807, 2.05) is 0 Å². The Balaban J connectivity index is 1.59. The summed E-state index contributed by atoms with van der Waals surface area (Å²) < 4.78 is 2.35. The van der Waals surface area contributed by atoms with Crippen molar-refractivity contribution in [2.45, 2.75) is 0 Å². The Morgan fingerprint density at radius 3 is 1.54 bits per heavy atom. The molecule has 1 amide bonds. The number of phenols is 2. The van der Waals surface area contributed by atoms with Crippen molar-refractivity contribution in [2.24, 2.45) is 0 Å². The monoisotopic (exact) mass is 556 g/mol. The second-order valence-corrected chi connectivity index (χ2v) is 8.88. The van der Waals surface area contributed by atoms with E-state index in [-0.39, 0.29) is 56.7 Å². The number of para-hydroxylation sites is 2. The van der Waals surface area contributed by atoms with Crippen LogP contribution in [0.25, 0.3) is 34.2 Å². The molecular weight excluding hydrogens is 536 g/mol. The van der Waals surface area contributed by atoms with E-state index in [4.69, 9.17) is 0 Å². The number of nitrogens with zero attached hydrogens (tertiary/aromatic N) is 8. The van der Waals surface area contributed by atoms with Gasteiger partial charge >= 0.3 is 11.9 Å². The normalized spacial score (nSPS) is 10.9. The molecule has 0 spiro atoms. The van der Waals surface area contributed by atoms with Crippen molar-refractivity contribution >= 4 is 17.8 Å². The summed E-state index contributed by atoms with van der Waals surface area (Å²) >= 11 is 0. The van der Waals surface area contributed by atoms with Gasteiger partial charge in [0.25, 0.3) is 5.91 Å². The Hall–Kier alpha value is -6.12. The van der Waals surface area contributed by atoms with Gasteiger partial charge in [-0.3, -0.25) is 4.79 Å². The largest absolute Gasteiger partial charge is 0.505 e. The molecule has 15 nitrogen and oxygen atoms in total. The maximum atomic E-state index is 12.9. The Morgan fingerprint density at radius 1 is 0.707 bits per heavy atom. The van der Waals surface area contributed by atoms with Crippen molar-refractivity contribution in [3.8, 4) is 45.6 Å². The fraction of sp³-hybridized carbons (Fsp3) is 0.0769. The van der Waals surface area contributed by atoms with Crippen LogP contribution in [0.4, 0.5) is 0 Å². The number of aromatic hydroxyl groups is 2. The van der Waals surface area contributed by atoms with Gasteiger partial charge < -0.3 is 25.3 Å². The molecule has 0 atom stereocenters. The molecule has 0 aliphatic heterocycles. The summed E-state index contributed by atoms with van der Waals surface area (Å²) in [6.45, 7) is 0. The van der Waals surface area contributed by atoms with Crippen molar-refractivity contribution < 1.29 is 34.8 Å². The molecule has 0 aliphatic carbocycles. The number of hydrogen-bond donors (Lipinski definition) is 4. The van der Waals surface area contributed by atoms with Gasteiger partial charge in [-0.2, -0.15) is 0 Å². The van der Waals surface area contributed by atoms with Crippen LogP contribution in [0.15, 0.2) is 60.9 Å². The Morgan fingerprint density at radius 2 is 1.15 bits per heavy atom. The van der Waals surface area contributed by atoms with E-state index in [1.54, 1.807) is 14.1 Å². The standard InChI is InChI=1S/C26H20N8O7/c1-32(2)24(37)13-9-16(18-11-33(30-28-18)20-7-3-5-14(22(20)35)25(38)39)27-17(10-13)19-12-34(31-29-19)21-8-4-6-15(23(21)36)26(40)41/h3-12,35-36H,1-2H3,(H,38,39)(H,40,41). The van der Waals surface area contributed by atoms with Crippen LogP contribution in [0.5, 0.6) is 11.5 Å². The lowest BCUT2D eigenvalue weighted by molar-refractivity contribution is 0.0682. The Bertz CT molecular complexity index is 1720. The van der Waals surface area contributed by atoms with Gasteiger partial charge in [0.15, 0.2) is 11.5 Å². The number of hydrogen-bond acceptors (Lipinski definition) is 10. The highest BCUT2D eigenvalue weighted by atomic mass is 16.4. The van der Waals surface area contributed by atoms with Gasteiger partial charge in [0.05, 0.1) is 23.8 Å². The van der Waals surface area contributed by atoms with Crippen LogP contribution in [0.1, 0.15) is 31.1 Å². The smallest absolute Gasteiger partial charge is 0.339 e. The van der Waals surface area contributed by atoms with Crippen molar-refractivity contribution in [2.75, 3.05) is 14.1 Å². The highest BCUT2D eigenvalue weighted by molar-refractivity contribution is 5.96. The third kappa shape index (κ3) is 4.89. The molecule has 5 aromatic rings. The molecule has 15 heteroatoms. The summed E-state index contributed by atoms with van der Waals surface area (Å²) in [6, 6.07) is 11.3. The third-order valence-corrected chi connectivity index (χ3v) is 5.97. The van der Waals surface area contributed by atoms with Gasteiger partial charge in [-0.25, -0.2) is 23.9 Å². The second kappa shape index (κ2) is 10.2. The molecule has 0 aliphatic rings. The maximum absolute atomic E-state index is 12.9. The van der Waals surface area contributed by atoms with Gasteiger partial charge in [-0.1, -0.05) is 22.6 Å². The van der Waals surface area contributed by atoms with Gasteiger partial charge in [-0.15, -0.1) is 10.2 Å². The van der Waals surface area contributed by atoms with Gasteiger partial charge in [-0.05, 0) is 36.4 Å². The number of aromatic carboxylic acids is 2. The van der Waals surface area contributed by atoms with E-state index in [9.17, 15) is 34.8 Å². The number of carboxylic acid groups (broad SMARTS) is 2. The SMILES string of the molecule is CN(C)C(=O)c1cc(-c2cn(-c3cccc(C(=O)O)c3O)nn2)nc(-c2cn(-c3cccc(C(=O)O)c3O)nn2)c1. The molecular formula is C26H20N8O7. The molecule has 0 radical (unpaired) electrons. The molecule has 3 heterocycles. The summed E-state index contributed by atoms with van der Waals surface area (Å²) in [5.41, 5.74) is 0.522. The third-order valence-electron chi connectivity index (χ3n) is 5.97. The molecule has 3 aromatic heterocycles. The highest BCUT2D eigenvalue weighted by Gasteiger charge is 2.21. The summed E-state index contributed by atoms with van der Waals surface area (Å²) in [4.78, 5) is 41.6. The van der Waals surface area contributed by atoms with Crippen molar-refractivity contribution in [1.82, 2.24) is 39.9 Å². The zero-order valence-electron chi connectivity index (χ0n) is 21.4.